The Kier molecular flexibility index (Phi) is 4.84. The monoisotopic (exact) mass is 341 g/mol. The van der Waals surface area contributed by atoms with Gasteiger partial charge in [0.1, 0.15) is 12.4 Å². The molecule has 1 aromatic heterocycles. The van der Waals surface area contributed by atoms with Gasteiger partial charge >= 0.3 is 0 Å². The molecule has 1 aliphatic heterocycles. The summed E-state index contributed by atoms with van der Waals surface area (Å²) in [5, 5.41) is 4.48. The van der Waals surface area contributed by atoms with Crippen molar-refractivity contribution in [3.63, 3.8) is 0 Å². The Morgan fingerprint density at radius 1 is 1.36 bits per heavy atom. The summed E-state index contributed by atoms with van der Waals surface area (Å²) in [6.45, 7) is 9.24. The van der Waals surface area contributed by atoms with Gasteiger partial charge in [0.15, 0.2) is 0 Å². The molecule has 3 rings (SSSR count). The minimum atomic E-state index is -0.130. The number of hydrogen-bond acceptors (Lipinski definition) is 3. The normalized spacial score (nSPS) is 16.5. The Hall–Kier alpha value is -2.30. The number of fused-ring (bicyclic) bond motifs is 1. The third kappa shape index (κ3) is 3.41. The molecular weight excluding hydrogens is 314 g/mol. The highest BCUT2D eigenvalue weighted by Gasteiger charge is 2.31. The minimum absolute atomic E-state index is 0.128. The van der Waals surface area contributed by atoms with E-state index in [1.165, 1.54) is 0 Å². The molecule has 0 unspecified atom stereocenters. The van der Waals surface area contributed by atoms with Crippen LogP contribution >= 0.6 is 0 Å². The van der Waals surface area contributed by atoms with Crippen LogP contribution in [0.15, 0.2) is 24.3 Å². The topological polar surface area (TPSA) is 47.4 Å². The molecule has 2 heterocycles. The number of aryl methyl sites for hydroxylation is 2. The van der Waals surface area contributed by atoms with Crippen LogP contribution in [-0.2, 0) is 24.8 Å². The second-order valence-corrected chi connectivity index (χ2v) is 7.15. The number of carbonyl (C=O) groups excluding carboxylic acids is 1. The largest absolute Gasteiger partial charge is 0.492 e. The summed E-state index contributed by atoms with van der Waals surface area (Å²) < 4.78 is 7.71. The molecule has 0 saturated carbocycles. The van der Waals surface area contributed by atoms with Gasteiger partial charge in [-0.3, -0.25) is 9.48 Å². The number of amides is 1. The predicted molar refractivity (Wildman–Crippen MR) is 97.5 cm³/mol. The lowest BCUT2D eigenvalue weighted by atomic mass is 9.95. The van der Waals surface area contributed by atoms with Gasteiger partial charge in [0.2, 0.25) is 5.91 Å². The van der Waals surface area contributed by atoms with E-state index in [4.69, 9.17) is 4.74 Å². The average molecular weight is 341 g/mol. The van der Waals surface area contributed by atoms with Crippen LogP contribution in [0.3, 0.4) is 0 Å². The van der Waals surface area contributed by atoms with Gasteiger partial charge in [-0.15, -0.1) is 0 Å². The van der Waals surface area contributed by atoms with Crippen molar-refractivity contribution in [2.75, 3.05) is 6.61 Å². The number of hydrogen-bond donors (Lipinski definition) is 0. The van der Waals surface area contributed by atoms with E-state index in [0.29, 0.717) is 13.2 Å². The Morgan fingerprint density at radius 3 is 2.72 bits per heavy atom. The molecule has 0 bridgehead atoms. The van der Waals surface area contributed by atoms with Crippen LogP contribution in [-0.4, -0.2) is 33.2 Å². The number of para-hydroxylation sites is 1. The third-order valence-corrected chi connectivity index (χ3v) is 5.12. The fourth-order valence-electron chi connectivity index (χ4n) is 3.45. The Bertz CT molecular complexity index is 779. The summed E-state index contributed by atoms with van der Waals surface area (Å²) in [6, 6.07) is 8.11. The van der Waals surface area contributed by atoms with Crippen LogP contribution in [0.2, 0.25) is 0 Å². The van der Waals surface area contributed by atoms with E-state index in [1.807, 2.05) is 47.8 Å². The van der Waals surface area contributed by atoms with Crippen molar-refractivity contribution in [3.05, 3.63) is 46.8 Å². The summed E-state index contributed by atoms with van der Waals surface area (Å²) in [5.41, 5.74) is 4.36. The summed E-state index contributed by atoms with van der Waals surface area (Å²) >= 11 is 0. The lowest BCUT2D eigenvalue weighted by Crippen LogP contribution is -2.44. The fraction of sp³-hybridized carbons (Fsp3) is 0.500. The number of nitrogens with zero attached hydrogens (tertiary/aromatic N) is 3. The first-order chi connectivity index (χ1) is 11.9. The van der Waals surface area contributed by atoms with Gasteiger partial charge in [0.05, 0.1) is 11.6 Å². The van der Waals surface area contributed by atoms with Gasteiger partial charge in [0.25, 0.3) is 0 Å². The maximum Gasteiger partial charge on any atom is 0.229 e. The maximum atomic E-state index is 13.2. The molecule has 5 heteroatoms. The highest BCUT2D eigenvalue weighted by Crippen LogP contribution is 2.29. The molecule has 134 valence electrons. The summed E-state index contributed by atoms with van der Waals surface area (Å²) in [4.78, 5) is 15.2. The molecule has 0 N–H and O–H groups in total. The number of aromatic nitrogens is 2. The van der Waals surface area contributed by atoms with Gasteiger partial charge in [-0.25, -0.2) is 0 Å². The molecule has 0 radical (unpaired) electrons. The minimum Gasteiger partial charge on any atom is -0.492 e. The molecule has 1 aromatic carbocycles. The van der Waals surface area contributed by atoms with Crippen molar-refractivity contribution >= 4 is 5.91 Å². The molecule has 1 atom stereocenters. The van der Waals surface area contributed by atoms with Crippen LogP contribution in [0, 0.1) is 19.8 Å². The number of benzene rings is 1. The van der Waals surface area contributed by atoms with Crippen LogP contribution in [0.4, 0.5) is 0 Å². The van der Waals surface area contributed by atoms with Crippen LogP contribution in [0.5, 0.6) is 5.75 Å². The van der Waals surface area contributed by atoms with E-state index in [-0.39, 0.29) is 17.9 Å². The SMILES string of the molecule is Cc1nn(C)c(C)c1CN(C(=O)[C@H]1COc2ccccc2C1)C(C)C. The van der Waals surface area contributed by atoms with Crippen molar-refractivity contribution < 1.29 is 9.53 Å². The van der Waals surface area contributed by atoms with E-state index in [9.17, 15) is 4.79 Å². The number of carbonyl (C=O) groups is 1. The highest BCUT2D eigenvalue weighted by atomic mass is 16.5. The molecule has 2 aromatic rings. The quantitative estimate of drug-likeness (QED) is 0.859. The summed E-state index contributed by atoms with van der Waals surface area (Å²) in [7, 11) is 1.94. The number of rotatable bonds is 4. The standard InChI is InChI=1S/C20H27N3O2/c1-13(2)23(11-18-14(3)21-22(5)15(18)4)20(24)17-10-16-8-6-7-9-19(16)25-12-17/h6-9,13,17H,10-12H2,1-5H3/t17-/m1/s1. The molecule has 0 saturated heterocycles. The molecule has 5 nitrogen and oxygen atoms in total. The average Bonchev–Trinajstić information content (AvgIpc) is 2.83. The van der Waals surface area contributed by atoms with Crippen LogP contribution < -0.4 is 4.74 Å². The first-order valence-electron chi connectivity index (χ1n) is 8.88. The Morgan fingerprint density at radius 2 is 2.08 bits per heavy atom. The molecule has 1 amide bonds. The number of ether oxygens (including phenoxy) is 1. The first-order valence-corrected chi connectivity index (χ1v) is 8.88. The van der Waals surface area contributed by atoms with E-state index in [0.717, 1.165) is 34.7 Å². The van der Waals surface area contributed by atoms with Gasteiger partial charge in [-0.1, -0.05) is 18.2 Å². The molecule has 1 aliphatic rings. The van der Waals surface area contributed by atoms with E-state index >= 15 is 0 Å². The Labute approximate surface area is 149 Å². The second-order valence-electron chi connectivity index (χ2n) is 7.15. The second kappa shape index (κ2) is 6.90. The molecule has 25 heavy (non-hydrogen) atoms. The smallest absolute Gasteiger partial charge is 0.229 e. The van der Waals surface area contributed by atoms with E-state index < -0.39 is 0 Å². The van der Waals surface area contributed by atoms with Crippen molar-refractivity contribution in [2.24, 2.45) is 13.0 Å². The van der Waals surface area contributed by atoms with Crippen molar-refractivity contribution in [3.8, 4) is 5.75 Å². The predicted octanol–water partition coefficient (Wildman–Crippen LogP) is 3.03. The molecular formula is C20H27N3O2. The lowest BCUT2D eigenvalue weighted by molar-refractivity contribution is -0.139. The van der Waals surface area contributed by atoms with Gasteiger partial charge in [-0.2, -0.15) is 5.10 Å². The van der Waals surface area contributed by atoms with E-state index in [1.54, 1.807) is 0 Å². The van der Waals surface area contributed by atoms with E-state index in [2.05, 4.69) is 25.9 Å². The molecule has 0 aliphatic carbocycles. The fourth-order valence-corrected chi connectivity index (χ4v) is 3.45. The lowest BCUT2D eigenvalue weighted by Gasteiger charge is -2.33. The Balaban J connectivity index is 1.80. The zero-order valence-electron chi connectivity index (χ0n) is 15.7. The van der Waals surface area contributed by atoms with Gasteiger partial charge in [-0.05, 0) is 45.7 Å². The molecule has 0 spiro atoms. The zero-order valence-corrected chi connectivity index (χ0v) is 15.7. The maximum absolute atomic E-state index is 13.2. The van der Waals surface area contributed by atoms with Crippen LogP contribution in [0.1, 0.15) is 36.4 Å². The summed E-state index contributed by atoms with van der Waals surface area (Å²) in [6.07, 6.45) is 0.739. The first kappa shape index (κ1) is 17.5. The van der Waals surface area contributed by atoms with Crippen LogP contribution in [0.25, 0.3) is 0 Å². The third-order valence-electron chi connectivity index (χ3n) is 5.12. The van der Waals surface area contributed by atoms with Gasteiger partial charge in [0, 0.05) is 30.9 Å². The van der Waals surface area contributed by atoms with Crippen molar-refractivity contribution in [1.82, 2.24) is 14.7 Å². The van der Waals surface area contributed by atoms with Crippen molar-refractivity contribution in [1.29, 1.82) is 0 Å². The van der Waals surface area contributed by atoms with Gasteiger partial charge < -0.3 is 9.64 Å². The van der Waals surface area contributed by atoms with Crippen molar-refractivity contribution in [2.45, 2.75) is 46.7 Å². The zero-order chi connectivity index (χ0) is 18.1. The highest BCUT2D eigenvalue weighted by molar-refractivity contribution is 5.80. The summed E-state index contributed by atoms with van der Waals surface area (Å²) in [5.74, 6) is 0.934. The molecule has 0 fully saturated rings.